The van der Waals surface area contributed by atoms with E-state index in [-0.39, 0.29) is 18.3 Å². The number of pyridine rings is 1. The number of amides is 1. The minimum atomic E-state index is -0.355. The fourth-order valence-corrected chi connectivity index (χ4v) is 3.26. The normalized spacial score (nSPS) is 10.8. The largest absolute Gasteiger partial charge is 0.486 e. The van der Waals surface area contributed by atoms with E-state index in [1.165, 1.54) is 0 Å². The highest BCUT2D eigenvalue weighted by Crippen LogP contribution is 2.28. The number of hydrogen-bond donors (Lipinski definition) is 1. The highest BCUT2D eigenvalue weighted by Gasteiger charge is 2.14. The molecule has 2 heterocycles. The van der Waals surface area contributed by atoms with Gasteiger partial charge in [0.15, 0.2) is 5.76 Å². The molecule has 0 aliphatic carbocycles. The molecular formula is C21H14BrClN2O3. The van der Waals surface area contributed by atoms with Gasteiger partial charge in [0.05, 0.1) is 11.2 Å². The summed E-state index contributed by atoms with van der Waals surface area (Å²) in [6.07, 6.45) is 1.68. The van der Waals surface area contributed by atoms with Crippen LogP contribution in [0.1, 0.15) is 16.3 Å². The lowest BCUT2D eigenvalue weighted by Gasteiger charge is -2.08. The number of nitrogens with one attached hydrogen (secondary N) is 1. The maximum atomic E-state index is 12.6. The number of rotatable bonds is 5. The molecule has 5 nitrogen and oxygen atoms in total. The number of ether oxygens (including phenoxy) is 1. The molecule has 0 aliphatic heterocycles. The Hall–Kier alpha value is -2.83. The maximum absolute atomic E-state index is 12.6. The minimum Gasteiger partial charge on any atom is -0.486 e. The Labute approximate surface area is 174 Å². The first-order valence-corrected chi connectivity index (χ1v) is 9.59. The summed E-state index contributed by atoms with van der Waals surface area (Å²) >= 11 is 9.35. The Morgan fingerprint density at radius 3 is 2.75 bits per heavy atom. The molecule has 140 valence electrons. The molecule has 0 bridgehead atoms. The second-order valence-corrected chi connectivity index (χ2v) is 7.25. The lowest BCUT2D eigenvalue weighted by molar-refractivity contribution is 0.0992. The molecule has 4 aromatic rings. The summed E-state index contributed by atoms with van der Waals surface area (Å²) in [7, 11) is 0. The number of benzene rings is 2. The van der Waals surface area contributed by atoms with Crippen LogP contribution in [-0.2, 0) is 6.61 Å². The molecule has 0 fully saturated rings. The van der Waals surface area contributed by atoms with Crippen LogP contribution in [0.3, 0.4) is 0 Å². The third-order valence-corrected chi connectivity index (χ3v) is 4.99. The summed E-state index contributed by atoms with van der Waals surface area (Å²) in [6.45, 7) is 0.206. The van der Waals surface area contributed by atoms with Crippen molar-refractivity contribution < 1.29 is 13.9 Å². The number of halogens is 2. The summed E-state index contributed by atoms with van der Waals surface area (Å²) in [5.41, 5.74) is 1.31. The Balaban J connectivity index is 1.46. The number of fused-ring (bicyclic) bond motifs is 1. The summed E-state index contributed by atoms with van der Waals surface area (Å²) in [4.78, 5) is 16.9. The van der Waals surface area contributed by atoms with Crippen molar-refractivity contribution in [1.82, 2.24) is 4.98 Å². The first-order valence-electron chi connectivity index (χ1n) is 8.42. The highest BCUT2D eigenvalue weighted by atomic mass is 79.9. The van der Waals surface area contributed by atoms with E-state index in [4.69, 9.17) is 20.8 Å². The summed E-state index contributed by atoms with van der Waals surface area (Å²) in [6, 6.07) is 17.8. The molecule has 0 saturated carbocycles. The van der Waals surface area contributed by atoms with E-state index in [9.17, 15) is 4.79 Å². The van der Waals surface area contributed by atoms with Crippen LogP contribution in [0.25, 0.3) is 10.9 Å². The van der Waals surface area contributed by atoms with Gasteiger partial charge in [0, 0.05) is 21.1 Å². The van der Waals surface area contributed by atoms with E-state index in [0.717, 1.165) is 9.86 Å². The van der Waals surface area contributed by atoms with Gasteiger partial charge in [0.1, 0.15) is 18.1 Å². The van der Waals surface area contributed by atoms with E-state index >= 15 is 0 Å². The summed E-state index contributed by atoms with van der Waals surface area (Å²) < 4.78 is 12.1. The van der Waals surface area contributed by atoms with Gasteiger partial charge in [-0.05, 0) is 54.6 Å². The zero-order valence-corrected chi connectivity index (χ0v) is 16.8. The number of carbonyl (C=O) groups excluding carboxylic acids is 1. The molecule has 4 rings (SSSR count). The zero-order valence-electron chi connectivity index (χ0n) is 14.5. The van der Waals surface area contributed by atoms with Gasteiger partial charge in [-0.3, -0.25) is 9.78 Å². The Kier molecular flexibility index (Phi) is 5.32. The van der Waals surface area contributed by atoms with Gasteiger partial charge in [-0.2, -0.15) is 0 Å². The quantitative estimate of drug-likeness (QED) is 0.395. The van der Waals surface area contributed by atoms with E-state index in [1.807, 2.05) is 18.2 Å². The molecule has 0 unspecified atom stereocenters. The standard InChI is InChI=1S/C21H14BrClN2O3/c22-17-8-9-18(20-16(17)2-1-11-24-20)25-21(26)19-10-7-15(28-19)12-27-14-5-3-13(23)4-6-14/h1-11H,12H2,(H,25,26). The van der Waals surface area contributed by atoms with Crippen LogP contribution < -0.4 is 10.1 Å². The van der Waals surface area contributed by atoms with E-state index in [2.05, 4.69) is 26.2 Å². The number of hydrogen-bond acceptors (Lipinski definition) is 4. The van der Waals surface area contributed by atoms with Crippen LogP contribution in [0, 0.1) is 0 Å². The van der Waals surface area contributed by atoms with Crippen molar-refractivity contribution in [2.75, 3.05) is 5.32 Å². The fourth-order valence-electron chi connectivity index (χ4n) is 2.69. The van der Waals surface area contributed by atoms with Crippen molar-refractivity contribution in [3.05, 3.63) is 87.9 Å². The molecule has 7 heteroatoms. The lowest BCUT2D eigenvalue weighted by atomic mass is 10.2. The number of anilines is 1. The molecule has 0 aliphatic rings. The predicted molar refractivity (Wildman–Crippen MR) is 112 cm³/mol. The van der Waals surface area contributed by atoms with Crippen LogP contribution >= 0.6 is 27.5 Å². The number of carbonyl (C=O) groups is 1. The molecule has 0 saturated heterocycles. The molecule has 1 amide bonds. The molecule has 0 atom stereocenters. The van der Waals surface area contributed by atoms with Gasteiger partial charge in [0.2, 0.25) is 0 Å². The van der Waals surface area contributed by atoms with Gasteiger partial charge in [-0.1, -0.05) is 33.6 Å². The van der Waals surface area contributed by atoms with Crippen molar-refractivity contribution in [1.29, 1.82) is 0 Å². The fraction of sp³-hybridized carbons (Fsp3) is 0.0476. The molecule has 0 radical (unpaired) electrons. The molecular weight excluding hydrogens is 444 g/mol. The van der Waals surface area contributed by atoms with Crippen LogP contribution in [0.5, 0.6) is 5.75 Å². The maximum Gasteiger partial charge on any atom is 0.291 e. The van der Waals surface area contributed by atoms with E-state index in [1.54, 1.807) is 48.7 Å². The van der Waals surface area contributed by atoms with Crippen LogP contribution in [0.2, 0.25) is 5.02 Å². The molecule has 0 spiro atoms. The third kappa shape index (κ3) is 4.03. The van der Waals surface area contributed by atoms with Crippen molar-refractivity contribution in [2.24, 2.45) is 0 Å². The average molecular weight is 458 g/mol. The van der Waals surface area contributed by atoms with Crippen molar-refractivity contribution >= 4 is 50.0 Å². The average Bonchev–Trinajstić information content (AvgIpc) is 3.19. The second kappa shape index (κ2) is 8.04. The smallest absolute Gasteiger partial charge is 0.291 e. The Morgan fingerprint density at radius 1 is 1.11 bits per heavy atom. The minimum absolute atomic E-state index is 0.196. The number of nitrogens with zero attached hydrogens (tertiary/aromatic N) is 1. The predicted octanol–water partition coefficient (Wildman–Crippen LogP) is 6.08. The third-order valence-electron chi connectivity index (χ3n) is 4.04. The molecule has 2 aromatic heterocycles. The van der Waals surface area contributed by atoms with Gasteiger partial charge in [-0.15, -0.1) is 0 Å². The molecule has 1 N–H and O–H groups in total. The first kappa shape index (κ1) is 18.5. The van der Waals surface area contributed by atoms with Crippen molar-refractivity contribution in [2.45, 2.75) is 6.61 Å². The highest BCUT2D eigenvalue weighted by molar-refractivity contribution is 9.10. The van der Waals surface area contributed by atoms with E-state index < -0.39 is 0 Å². The number of aromatic nitrogens is 1. The van der Waals surface area contributed by atoms with Gasteiger partial charge >= 0.3 is 0 Å². The second-order valence-electron chi connectivity index (χ2n) is 5.96. The van der Waals surface area contributed by atoms with Crippen LogP contribution in [0.4, 0.5) is 5.69 Å². The monoisotopic (exact) mass is 456 g/mol. The molecule has 2 aromatic carbocycles. The lowest BCUT2D eigenvalue weighted by Crippen LogP contribution is -2.11. The molecule has 28 heavy (non-hydrogen) atoms. The van der Waals surface area contributed by atoms with Crippen LogP contribution in [-0.4, -0.2) is 10.9 Å². The Morgan fingerprint density at radius 2 is 1.93 bits per heavy atom. The van der Waals surface area contributed by atoms with Gasteiger partial charge in [-0.25, -0.2) is 0 Å². The van der Waals surface area contributed by atoms with Crippen LogP contribution in [0.15, 0.2) is 75.8 Å². The number of furan rings is 1. The SMILES string of the molecule is O=C(Nc1ccc(Br)c2cccnc12)c1ccc(COc2ccc(Cl)cc2)o1. The van der Waals surface area contributed by atoms with Gasteiger partial charge < -0.3 is 14.5 Å². The Bertz CT molecular complexity index is 1140. The van der Waals surface area contributed by atoms with Gasteiger partial charge in [0.25, 0.3) is 5.91 Å². The topological polar surface area (TPSA) is 64.4 Å². The summed E-state index contributed by atoms with van der Waals surface area (Å²) in [5.74, 6) is 1.05. The van der Waals surface area contributed by atoms with Crippen molar-refractivity contribution in [3.63, 3.8) is 0 Å². The zero-order chi connectivity index (χ0) is 19.5. The van der Waals surface area contributed by atoms with Crippen molar-refractivity contribution in [3.8, 4) is 5.75 Å². The summed E-state index contributed by atoms with van der Waals surface area (Å²) in [5, 5.41) is 4.40. The first-order chi connectivity index (χ1) is 13.6. The van der Waals surface area contributed by atoms with E-state index in [0.29, 0.717) is 27.7 Å².